The van der Waals surface area contributed by atoms with Gasteiger partial charge in [-0.25, -0.2) is 0 Å². The molecule has 0 aliphatic carbocycles. The molecule has 4 aromatic rings. The Morgan fingerprint density at radius 2 is 1.60 bits per heavy atom. The zero-order chi connectivity index (χ0) is 16.4. The normalized spacial score (nSPS) is 19.0. The van der Waals surface area contributed by atoms with Gasteiger partial charge in [0, 0.05) is 36.6 Å². The van der Waals surface area contributed by atoms with Crippen LogP contribution in [0.25, 0.3) is 21.7 Å². The molecule has 1 aromatic heterocycles. The molecule has 3 aromatic carbocycles. The second kappa shape index (κ2) is 4.90. The van der Waals surface area contributed by atoms with Gasteiger partial charge in [0.15, 0.2) is 0 Å². The number of para-hydroxylation sites is 1. The highest BCUT2D eigenvalue weighted by atomic mass is 15.2. The lowest BCUT2D eigenvalue weighted by atomic mass is 9.84. The van der Waals surface area contributed by atoms with Crippen LogP contribution in [0.3, 0.4) is 0 Å². The molecule has 0 N–H and O–H groups in total. The summed E-state index contributed by atoms with van der Waals surface area (Å²) >= 11 is 0. The summed E-state index contributed by atoms with van der Waals surface area (Å²) in [5, 5.41) is 4.08. The van der Waals surface area contributed by atoms with Crippen LogP contribution < -0.4 is 0 Å². The lowest BCUT2D eigenvalue weighted by molar-refractivity contribution is 0.157. The summed E-state index contributed by atoms with van der Waals surface area (Å²) in [6, 6.07) is 24.7. The SMILES string of the molecule is c1ccc2nc3c(cc2c1)CN1Cc2cccc4cccc(c24)C1C3. The van der Waals surface area contributed by atoms with E-state index in [1.807, 2.05) is 0 Å². The summed E-state index contributed by atoms with van der Waals surface area (Å²) < 4.78 is 0. The van der Waals surface area contributed by atoms with Crippen LogP contribution in [-0.2, 0) is 19.5 Å². The molecule has 2 heteroatoms. The zero-order valence-electron chi connectivity index (χ0n) is 13.9. The van der Waals surface area contributed by atoms with E-state index in [0.29, 0.717) is 6.04 Å². The standard InChI is InChI=1S/C23H18N2/c1-2-10-20-16(5-1)11-18-14-25-13-17-8-3-6-15-7-4-9-19(23(15)17)22(25)12-21(18)24-20/h1-11,22H,12-14H2. The first-order valence-corrected chi connectivity index (χ1v) is 8.99. The Bertz CT molecular complexity index is 1140. The molecule has 0 amide bonds. The summed E-state index contributed by atoms with van der Waals surface area (Å²) in [4.78, 5) is 7.62. The Hall–Kier alpha value is -2.71. The molecule has 2 aliphatic heterocycles. The number of aromatic nitrogens is 1. The van der Waals surface area contributed by atoms with Crippen molar-refractivity contribution in [1.82, 2.24) is 9.88 Å². The third-order valence-electron chi connectivity index (χ3n) is 5.85. The largest absolute Gasteiger partial charge is 0.287 e. The van der Waals surface area contributed by atoms with E-state index in [2.05, 4.69) is 71.6 Å². The molecule has 25 heavy (non-hydrogen) atoms. The summed E-state index contributed by atoms with van der Waals surface area (Å²) in [6.45, 7) is 2.02. The highest BCUT2D eigenvalue weighted by molar-refractivity contribution is 5.90. The van der Waals surface area contributed by atoms with Crippen molar-refractivity contribution in [3.63, 3.8) is 0 Å². The van der Waals surface area contributed by atoms with Gasteiger partial charge in [-0.1, -0.05) is 54.6 Å². The summed E-state index contributed by atoms with van der Waals surface area (Å²) in [7, 11) is 0. The fraction of sp³-hybridized carbons (Fsp3) is 0.174. The Balaban J connectivity index is 1.55. The van der Waals surface area contributed by atoms with Gasteiger partial charge in [0.2, 0.25) is 0 Å². The molecule has 0 radical (unpaired) electrons. The van der Waals surface area contributed by atoms with E-state index in [-0.39, 0.29) is 0 Å². The minimum atomic E-state index is 0.444. The molecule has 0 spiro atoms. The first-order valence-electron chi connectivity index (χ1n) is 8.99. The van der Waals surface area contributed by atoms with Crippen molar-refractivity contribution >= 4 is 21.7 Å². The fourth-order valence-electron chi connectivity index (χ4n) is 4.71. The number of fused-ring (bicyclic) bond motifs is 4. The number of benzene rings is 3. The van der Waals surface area contributed by atoms with E-state index in [9.17, 15) is 0 Å². The van der Waals surface area contributed by atoms with Crippen LogP contribution in [0.2, 0.25) is 0 Å². The molecule has 0 saturated carbocycles. The highest BCUT2D eigenvalue weighted by Gasteiger charge is 2.33. The van der Waals surface area contributed by atoms with Crippen molar-refractivity contribution in [3.8, 4) is 0 Å². The van der Waals surface area contributed by atoms with Crippen molar-refractivity contribution in [3.05, 3.63) is 89.1 Å². The van der Waals surface area contributed by atoms with Crippen LogP contribution in [0.5, 0.6) is 0 Å². The second-order valence-corrected chi connectivity index (χ2v) is 7.27. The molecule has 3 heterocycles. The van der Waals surface area contributed by atoms with E-state index in [1.165, 1.54) is 38.5 Å². The summed E-state index contributed by atoms with van der Waals surface area (Å²) in [5.41, 5.74) is 6.71. The number of rotatable bonds is 0. The van der Waals surface area contributed by atoms with E-state index in [4.69, 9.17) is 4.98 Å². The van der Waals surface area contributed by atoms with Gasteiger partial charge in [0.05, 0.1) is 5.52 Å². The Morgan fingerprint density at radius 3 is 2.56 bits per heavy atom. The molecule has 0 bridgehead atoms. The Kier molecular flexibility index (Phi) is 2.66. The van der Waals surface area contributed by atoms with E-state index in [1.54, 1.807) is 0 Å². The summed E-state index contributed by atoms with van der Waals surface area (Å²) in [5.74, 6) is 0. The van der Waals surface area contributed by atoms with Crippen LogP contribution in [-0.4, -0.2) is 9.88 Å². The molecule has 0 saturated heterocycles. The lowest BCUT2D eigenvalue weighted by Crippen LogP contribution is -2.36. The maximum Gasteiger partial charge on any atom is 0.0705 e. The van der Waals surface area contributed by atoms with Crippen molar-refractivity contribution in [2.75, 3.05) is 0 Å². The molecular weight excluding hydrogens is 304 g/mol. The van der Waals surface area contributed by atoms with Crippen LogP contribution in [0, 0.1) is 0 Å². The first-order chi connectivity index (χ1) is 12.4. The zero-order valence-corrected chi connectivity index (χ0v) is 13.9. The number of hydrogen-bond donors (Lipinski definition) is 0. The van der Waals surface area contributed by atoms with E-state index >= 15 is 0 Å². The van der Waals surface area contributed by atoms with Gasteiger partial charge >= 0.3 is 0 Å². The minimum Gasteiger partial charge on any atom is -0.287 e. The van der Waals surface area contributed by atoms with Crippen LogP contribution in [0.15, 0.2) is 66.7 Å². The second-order valence-electron chi connectivity index (χ2n) is 7.27. The molecule has 120 valence electrons. The third-order valence-corrected chi connectivity index (χ3v) is 5.85. The van der Waals surface area contributed by atoms with E-state index < -0.39 is 0 Å². The van der Waals surface area contributed by atoms with Gasteiger partial charge < -0.3 is 0 Å². The van der Waals surface area contributed by atoms with E-state index in [0.717, 1.165) is 25.0 Å². The predicted octanol–water partition coefficient (Wildman–Crippen LogP) is 5.00. The average Bonchev–Trinajstić information content (AvgIpc) is 2.65. The Labute approximate surface area is 146 Å². The average molecular weight is 322 g/mol. The van der Waals surface area contributed by atoms with Crippen LogP contribution >= 0.6 is 0 Å². The van der Waals surface area contributed by atoms with Crippen molar-refractivity contribution in [1.29, 1.82) is 0 Å². The third kappa shape index (κ3) is 1.92. The topological polar surface area (TPSA) is 16.1 Å². The van der Waals surface area contributed by atoms with Gasteiger partial charge in [0.1, 0.15) is 0 Å². The molecule has 6 rings (SSSR count). The first kappa shape index (κ1) is 13.6. The van der Waals surface area contributed by atoms with Crippen molar-refractivity contribution in [2.24, 2.45) is 0 Å². The summed E-state index contributed by atoms with van der Waals surface area (Å²) in [6.07, 6.45) is 1.01. The number of nitrogens with zero attached hydrogens (tertiary/aromatic N) is 2. The smallest absolute Gasteiger partial charge is 0.0705 e. The molecular formula is C23H18N2. The van der Waals surface area contributed by atoms with Gasteiger partial charge in [-0.05, 0) is 39.6 Å². The monoisotopic (exact) mass is 322 g/mol. The number of hydrogen-bond acceptors (Lipinski definition) is 2. The fourth-order valence-corrected chi connectivity index (χ4v) is 4.71. The van der Waals surface area contributed by atoms with Crippen LogP contribution in [0.4, 0.5) is 0 Å². The lowest BCUT2D eigenvalue weighted by Gasteiger charge is -2.41. The van der Waals surface area contributed by atoms with Crippen molar-refractivity contribution in [2.45, 2.75) is 25.6 Å². The predicted molar refractivity (Wildman–Crippen MR) is 101 cm³/mol. The van der Waals surface area contributed by atoms with Crippen molar-refractivity contribution < 1.29 is 0 Å². The maximum atomic E-state index is 5.00. The molecule has 2 aliphatic rings. The van der Waals surface area contributed by atoms with Crippen LogP contribution in [0.1, 0.15) is 28.4 Å². The number of pyridine rings is 1. The Morgan fingerprint density at radius 1 is 0.800 bits per heavy atom. The molecule has 1 atom stereocenters. The minimum absolute atomic E-state index is 0.444. The quantitative estimate of drug-likeness (QED) is 0.453. The molecule has 2 nitrogen and oxygen atoms in total. The van der Waals surface area contributed by atoms with Gasteiger partial charge in [0.25, 0.3) is 0 Å². The van der Waals surface area contributed by atoms with Gasteiger partial charge in [-0.2, -0.15) is 0 Å². The van der Waals surface area contributed by atoms with Gasteiger partial charge in [-0.15, -0.1) is 0 Å². The van der Waals surface area contributed by atoms with Gasteiger partial charge in [-0.3, -0.25) is 9.88 Å². The highest BCUT2D eigenvalue weighted by Crippen LogP contribution is 2.42. The molecule has 1 unspecified atom stereocenters. The maximum absolute atomic E-state index is 5.00. The molecule has 0 fully saturated rings.